The van der Waals surface area contributed by atoms with Gasteiger partial charge in [0.25, 0.3) is 0 Å². The molecule has 168 valence electrons. The minimum atomic E-state index is 0.577. The first-order valence-corrected chi connectivity index (χ1v) is 11.4. The fraction of sp³-hybridized carbons (Fsp3) is 0. The molecule has 0 atom stereocenters. The van der Waals surface area contributed by atoms with E-state index in [0.717, 1.165) is 34.1 Å². The van der Waals surface area contributed by atoms with Gasteiger partial charge in [-0.1, -0.05) is 54.6 Å². The van der Waals surface area contributed by atoms with Crippen LogP contribution in [0.5, 0.6) is 0 Å². The first kappa shape index (κ1) is 21.9. The molecule has 0 radical (unpaired) electrons. The third kappa shape index (κ3) is 4.88. The van der Waals surface area contributed by atoms with Gasteiger partial charge < -0.3 is 9.80 Å². The second-order valence-corrected chi connectivity index (χ2v) is 7.91. The van der Waals surface area contributed by atoms with E-state index >= 15 is 0 Å². The quantitative estimate of drug-likeness (QED) is 0.183. The number of isocyanates is 1. The van der Waals surface area contributed by atoms with Crippen LogP contribution in [0.3, 0.4) is 0 Å². The maximum atomic E-state index is 10.6. The molecule has 4 nitrogen and oxygen atoms in total. The number of para-hydroxylation sites is 3. The zero-order chi connectivity index (χ0) is 23.9. The lowest BCUT2D eigenvalue weighted by molar-refractivity contribution is 0.565. The summed E-state index contributed by atoms with van der Waals surface area (Å²) in [5, 5.41) is 0. The van der Waals surface area contributed by atoms with Gasteiger partial charge in [-0.25, -0.2) is 4.79 Å². The first-order valence-electron chi connectivity index (χ1n) is 11.4. The number of nitrogens with zero attached hydrogens (tertiary/aromatic N) is 3. The molecule has 0 spiro atoms. The van der Waals surface area contributed by atoms with Crippen LogP contribution in [-0.4, -0.2) is 6.08 Å². The molecule has 0 aromatic heterocycles. The zero-order valence-corrected chi connectivity index (χ0v) is 19.0. The minimum Gasteiger partial charge on any atom is -0.311 e. The molecular formula is C31H23N3O. The van der Waals surface area contributed by atoms with Crippen LogP contribution in [0.4, 0.5) is 39.8 Å². The number of hydrogen-bond donors (Lipinski definition) is 0. The molecule has 5 aromatic carbocycles. The van der Waals surface area contributed by atoms with E-state index < -0.39 is 0 Å². The van der Waals surface area contributed by atoms with Gasteiger partial charge in [0.2, 0.25) is 6.08 Å². The molecule has 0 aliphatic heterocycles. The van der Waals surface area contributed by atoms with Gasteiger partial charge in [-0.2, -0.15) is 4.99 Å². The topological polar surface area (TPSA) is 35.9 Å². The highest BCUT2D eigenvalue weighted by molar-refractivity contribution is 5.81. The van der Waals surface area contributed by atoms with E-state index in [1.165, 1.54) is 0 Å². The predicted octanol–water partition coefficient (Wildman–Crippen LogP) is 8.59. The van der Waals surface area contributed by atoms with E-state index in [4.69, 9.17) is 0 Å². The third-order valence-electron chi connectivity index (χ3n) is 5.69. The summed E-state index contributed by atoms with van der Waals surface area (Å²) in [6.07, 6.45) is 1.60. The van der Waals surface area contributed by atoms with Crippen molar-refractivity contribution < 1.29 is 4.79 Å². The van der Waals surface area contributed by atoms with Gasteiger partial charge in [0, 0.05) is 34.1 Å². The Bertz CT molecular complexity index is 1370. The highest BCUT2D eigenvalue weighted by Crippen LogP contribution is 2.39. The summed E-state index contributed by atoms with van der Waals surface area (Å²) in [4.78, 5) is 18.7. The molecule has 0 heterocycles. The average molecular weight is 454 g/mol. The largest absolute Gasteiger partial charge is 0.311 e. The van der Waals surface area contributed by atoms with Crippen molar-refractivity contribution >= 4 is 45.9 Å². The summed E-state index contributed by atoms with van der Waals surface area (Å²) < 4.78 is 0. The third-order valence-corrected chi connectivity index (χ3v) is 5.69. The highest BCUT2D eigenvalue weighted by Gasteiger charge is 2.15. The standard InChI is InChI=1S/C31H23N3O/c35-24-32-25-16-18-29(19-17-25)34(28-14-8-3-9-15-28)31-22-20-30(21-23-31)33(26-10-4-1-5-11-26)27-12-6-2-7-13-27/h1-23H. The van der Waals surface area contributed by atoms with E-state index in [-0.39, 0.29) is 0 Å². The summed E-state index contributed by atoms with van der Waals surface area (Å²) in [7, 11) is 0. The fourth-order valence-corrected chi connectivity index (χ4v) is 4.11. The van der Waals surface area contributed by atoms with Crippen molar-refractivity contribution in [3.05, 3.63) is 140 Å². The van der Waals surface area contributed by atoms with Crippen molar-refractivity contribution in [2.24, 2.45) is 4.99 Å². The highest BCUT2D eigenvalue weighted by atomic mass is 16.1. The molecule has 0 saturated heterocycles. The van der Waals surface area contributed by atoms with Crippen molar-refractivity contribution in [1.29, 1.82) is 0 Å². The normalized spacial score (nSPS) is 10.3. The van der Waals surface area contributed by atoms with Gasteiger partial charge in [-0.15, -0.1) is 0 Å². The van der Waals surface area contributed by atoms with Crippen molar-refractivity contribution in [1.82, 2.24) is 0 Å². The van der Waals surface area contributed by atoms with Crippen LogP contribution in [0.25, 0.3) is 0 Å². The van der Waals surface area contributed by atoms with E-state index in [1.807, 2.05) is 54.6 Å². The monoisotopic (exact) mass is 453 g/mol. The van der Waals surface area contributed by atoms with Crippen molar-refractivity contribution in [2.75, 3.05) is 9.80 Å². The van der Waals surface area contributed by atoms with Crippen LogP contribution in [0.1, 0.15) is 0 Å². The SMILES string of the molecule is O=C=Nc1ccc(N(c2ccccc2)c2ccc(N(c3ccccc3)c3ccccc3)cc2)cc1. The minimum absolute atomic E-state index is 0.577. The van der Waals surface area contributed by atoms with Gasteiger partial charge in [0.15, 0.2) is 0 Å². The Labute approximate surface area is 205 Å². The van der Waals surface area contributed by atoms with Crippen molar-refractivity contribution in [3.8, 4) is 0 Å². The Morgan fingerprint density at radius 1 is 0.400 bits per heavy atom. The number of rotatable bonds is 7. The molecule has 0 amide bonds. The van der Waals surface area contributed by atoms with Crippen LogP contribution in [0.15, 0.2) is 145 Å². The van der Waals surface area contributed by atoms with Crippen molar-refractivity contribution in [3.63, 3.8) is 0 Å². The number of hydrogen-bond acceptors (Lipinski definition) is 4. The lowest BCUT2D eigenvalue weighted by atomic mass is 10.1. The van der Waals surface area contributed by atoms with E-state index in [0.29, 0.717) is 5.69 Å². The van der Waals surface area contributed by atoms with Gasteiger partial charge in [-0.05, 0) is 84.9 Å². The molecule has 35 heavy (non-hydrogen) atoms. The smallest absolute Gasteiger partial charge is 0.240 e. The van der Waals surface area contributed by atoms with Crippen molar-refractivity contribution in [2.45, 2.75) is 0 Å². The average Bonchev–Trinajstić information content (AvgIpc) is 2.93. The molecule has 0 aliphatic carbocycles. The van der Waals surface area contributed by atoms with Gasteiger partial charge in [0.05, 0.1) is 5.69 Å². The van der Waals surface area contributed by atoms with Crippen LogP contribution < -0.4 is 9.80 Å². The molecule has 0 aliphatic rings. The number of carbonyl (C=O) groups excluding carboxylic acids is 1. The first-order chi connectivity index (χ1) is 17.3. The van der Waals surface area contributed by atoms with Gasteiger partial charge in [-0.3, -0.25) is 0 Å². The number of anilines is 6. The molecule has 0 bridgehead atoms. The summed E-state index contributed by atoms with van der Waals surface area (Å²) in [5.41, 5.74) is 6.86. The van der Waals surface area contributed by atoms with Gasteiger partial charge >= 0.3 is 0 Å². The molecule has 5 aromatic rings. The predicted molar refractivity (Wildman–Crippen MR) is 144 cm³/mol. The molecule has 0 unspecified atom stereocenters. The molecule has 0 fully saturated rings. The van der Waals surface area contributed by atoms with Gasteiger partial charge in [0.1, 0.15) is 0 Å². The van der Waals surface area contributed by atoms with Crippen LogP contribution in [0, 0.1) is 0 Å². The molecule has 0 N–H and O–H groups in total. The maximum absolute atomic E-state index is 10.6. The Balaban J connectivity index is 1.56. The summed E-state index contributed by atoms with van der Waals surface area (Å²) in [6, 6.07) is 47.0. The number of benzene rings is 5. The zero-order valence-electron chi connectivity index (χ0n) is 19.0. The van der Waals surface area contributed by atoms with E-state index in [2.05, 4.69) is 99.7 Å². The molecule has 0 saturated carbocycles. The summed E-state index contributed by atoms with van der Waals surface area (Å²) in [6.45, 7) is 0. The van der Waals surface area contributed by atoms with E-state index in [1.54, 1.807) is 6.08 Å². The Hall–Kier alpha value is -4.92. The molecule has 5 rings (SSSR count). The second-order valence-electron chi connectivity index (χ2n) is 7.91. The molecule has 4 heteroatoms. The van der Waals surface area contributed by atoms with Crippen LogP contribution in [0.2, 0.25) is 0 Å². The summed E-state index contributed by atoms with van der Waals surface area (Å²) in [5.74, 6) is 0. The van der Waals surface area contributed by atoms with E-state index in [9.17, 15) is 4.79 Å². The lowest BCUT2D eigenvalue weighted by Crippen LogP contribution is -2.12. The summed E-state index contributed by atoms with van der Waals surface area (Å²) >= 11 is 0. The van der Waals surface area contributed by atoms with Crippen LogP contribution in [-0.2, 0) is 4.79 Å². The number of aliphatic imine (C=N–C) groups is 1. The Morgan fingerprint density at radius 3 is 1.00 bits per heavy atom. The Kier molecular flexibility index (Phi) is 6.47. The molecular weight excluding hydrogens is 430 g/mol. The Morgan fingerprint density at radius 2 is 0.686 bits per heavy atom. The fourth-order valence-electron chi connectivity index (χ4n) is 4.11. The van der Waals surface area contributed by atoms with Crippen LogP contribution >= 0.6 is 0 Å². The second kappa shape index (κ2) is 10.3. The maximum Gasteiger partial charge on any atom is 0.240 e. The lowest BCUT2D eigenvalue weighted by Gasteiger charge is -2.28.